The average molecular weight is 442 g/mol. The topological polar surface area (TPSA) is 94.2 Å². The molecule has 1 aromatic rings. The molecule has 0 aliphatic carbocycles. The Labute approximate surface area is 179 Å². The number of benzene rings is 1. The van der Waals surface area contributed by atoms with Crippen molar-refractivity contribution in [2.24, 2.45) is 5.92 Å². The zero-order valence-electron chi connectivity index (χ0n) is 18.0. The minimum Gasteiger partial charge on any atom is -0.452 e. The number of hydrogen-bond donors (Lipinski definition) is 1. The third-order valence-electron chi connectivity index (χ3n) is 4.43. The van der Waals surface area contributed by atoms with E-state index in [1.165, 1.54) is 36.1 Å². The number of hydrogen-bond acceptors (Lipinski definition) is 6. The molecule has 1 N–H and O–H groups in total. The van der Waals surface area contributed by atoms with Crippen molar-refractivity contribution in [1.82, 2.24) is 4.90 Å². The molecule has 0 bridgehead atoms. The predicted molar refractivity (Wildman–Crippen MR) is 108 cm³/mol. The van der Waals surface area contributed by atoms with Gasteiger partial charge in [0, 0.05) is 13.1 Å². The first kappa shape index (κ1) is 24.4. The third kappa shape index (κ3) is 7.69. The first-order chi connectivity index (χ1) is 14.5. The first-order valence-corrected chi connectivity index (χ1v) is 9.99. The van der Waals surface area contributed by atoms with Gasteiger partial charge in [0.15, 0.2) is 6.10 Å². The molecule has 10 heteroatoms. The molecule has 2 unspecified atom stereocenters. The van der Waals surface area contributed by atoms with Crippen molar-refractivity contribution < 1.29 is 37.4 Å². The maximum Gasteiger partial charge on any atom is 0.410 e. The van der Waals surface area contributed by atoms with Crippen LogP contribution in [0.3, 0.4) is 0 Å². The molecule has 172 valence electrons. The molecule has 1 saturated heterocycles. The highest BCUT2D eigenvalue weighted by atomic mass is 19.3. The number of anilines is 1. The zero-order valence-corrected chi connectivity index (χ0v) is 18.0. The quantitative estimate of drug-likeness (QED) is 0.674. The Morgan fingerprint density at radius 3 is 2.52 bits per heavy atom. The molecule has 0 spiro atoms. The molecule has 2 atom stereocenters. The summed E-state index contributed by atoms with van der Waals surface area (Å²) in [7, 11) is 0. The molecule has 1 heterocycles. The normalized spacial score (nSPS) is 17.6. The Morgan fingerprint density at radius 2 is 1.87 bits per heavy atom. The Bertz CT molecular complexity index is 796. The van der Waals surface area contributed by atoms with Crippen LogP contribution in [-0.4, -0.2) is 54.3 Å². The van der Waals surface area contributed by atoms with Crippen LogP contribution in [0.4, 0.5) is 19.3 Å². The lowest BCUT2D eigenvalue weighted by atomic mass is 9.98. The van der Waals surface area contributed by atoms with Crippen LogP contribution in [0.1, 0.15) is 40.5 Å². The van der Waals surface area contributed by atoms with E-state index in [0.29, 0.717) is 19.4 Å². The number of carbonyl (C=O) groups excluding carboxylic acids is 3. The van der Waals surface area contributed by atoms with Gasteiger partial charge in [0.25, 0.3) is 5.91 Å². The SMILES string of the molecule is CC(OC(=O)C1CCCN(C(=O)OC(C)(C)C)C1)C(=O)Nc1ccccc1OC(F)F. The van der Waals surface area contributed by atoms with Crippen molar-refractivity contribution in [3.8, 4) is 5.75 Å². The van der Waals surface area contributed by atoms with Crippen LogP contribution in [0, 0.1) is 5.92 Å². The summed E-state index contributed by atoms with van der Waals surface area (Å²) in [5.41, 5.74) is -0.619. The average Bonchev–Trinajstić information content (AvgIpc) is 2.67. The fourth-order valence-electron chi connectivity index (χ4n) is 2.99. The summed E-state index contributed by atoms with van der Waals surface area (Å²) in [6.07, 6.45) is -0.578. The van der Waals surface area contributed by atoms with Crippen molar-refractivity contribution >= 4 is 23.7 Å². The zero-order chi connectivity index (χ0) is 23.2. The monoisotopic (exact) mass is 442 g/mol. The minimum atomic E-state index is -3.05. The number of halogens is 2. The van der Waals surface area contributed by atoms with E-state index >= 15 is 0 Å². The summed E-state index contributed by atoms with van der Waals surface area (Å²) in [4.78, 5) is 38.6. The van der Waals surface area contributed by atoms with E-state index in [1.54, 1.807) is 20.8 Å². The van der Waals surface area contributed by atoms with Crippen LogP contribution in [-0.2, 0) is 19.1 Å². The standard InChI is InChI=1S/C21H28F2N2O6/c1-13(17(26)24-15-9-5-6-10-16(15)30-19(22)23)29-18(27)14-8-7-11-25(12-14)20(28)31-21(2,3)4/h5-6,9-10,13-14,19H,7-8,11-12H2,1-4H3,(H,24,26). The predicted octanol–water partition coefficient (Wildman–Crippen LogP) is 3.81. The third-order valence-corrected chi connectivity index (χ3v) is 4.43. The van der Waals surface area contributed by atoms with Gasteiger partial charge in [-0.3, -0.25) is 9.59 Å². The molecule has 2 amide bonds. The number of esters is 1. The lowest BCUT2D eigenvalue weighted by Gasteiger charge is -2.33. The number of likely N-dealkylation sites (tertiary alicyclic amines) is 1. The number of nitrogens with zero attached hydrogens (tertiary/aromatic N) is 1. The second-order valence-electron chi connectivity index (χ2n) is 8.21. The van der Waals surface area contributed by atoms with E-state index in [9.17, 15) is 23.2 Å². The number of ether oxygens (including phenoxy) is 3. The van der Waals surface area contributed by atoms with Gasteiger partial charge in [-0.1, -0.05) is 12.1 Å². The maximum absolute atomic E-state index is 12.5. The molecule has 0 aromatic heterocycles. The van der Waals surface area contributed by atoms with Crippen LogP contribution in [0.15, 0.2) is 24.3 Å². The molecule has 2 rings (SSSR count). The summed E-state index contributed by atoms with van der Waals surface area (Å²) < 4.78 is 40.0. The fourth-order valence-corrected chi connectivity index (χ4v) is 2.99. The van der Waals surface area contributed by atoms with Gasteiger partial charge in [-0.05, 0) is 52.7 Å². The van der Waals surface area contributed by atoms with E-state index in [4.69, 9.17) is 9.47 Å². The second kappa shape index (κ2) is 10.4. The number of rotatable bonds is 6. The molecule has 0 radical (unpaired) electrons. The van der Waals surface area contributed by atoms with E-state index in [1.807, 2.05) is 0 Å². The number of amides is 2. The number of para-hydroxylation sites is 2. The van der Waals surface area contributed by atoms with Gasteiger partial charge in [0.2, 0.25) is 0 Å². The summed E-state index contributed by atoms with van der Waals surface area (Å²) in [5.74, 6) is -2.11. The van der Waals surface area contributed by atoms with Crippen LogP contribution in [0.25, 0.3) is 0 Å². The Balaban J connectivity index is 1.93. The number of piperidine rings is 1. The lowest BCUT2D eigenvalue weighted by Crippen LogP contribution is -2.45. The van der Waals surface area contributed by atoms with Crippen molar-refractivity contribution in [2.45, 2.75) is 58.9 Å². The highest BCUT2D eigenvalue weighted by Crippen LogP contribution is 2.26. The molecular weight excluding hydrogens is 414 g/mol. The summed E-state index contributed by atoms with van der Waals surface area (Å²) >= 11 is 0. The molecular formula is C21H28F2N2O6. The molecule has 31 heavy (non-hydrogen) atoms. The molecule has 0 saturated carbocycles. The Hall–Kier alpha value is -2.91. The molecule has 8 nitrogen and oxygen atoms in total. The number of carbonyl (C=O) groups is 3. The molecule has 1 aliphatic rings. The van der Waals surface area contributed by atoms with Crippen LogP contribution in [0.5, 0.6) is 5.75 Å². The molecule has 1 aliphatic heterocycles. The van der Waals surface area contributed by atoms with Crippen molar-refractivity contribution in [3.05, 3.63) is 24.3 Å². The van der Waals surface area contributed by atoms with Gasteiger partial charge in [0.05, 0.1) is 11.6 Å². The highest BCUT2D eigenvalue weighted by molar-refractivity contribution is 5.96. The van der Waals surface area contributed by atoms with Crippen molar-refractivity contribution in [3.63, 3.8) is 0 Å². The van der Waals surface area contributed by atoms with Gasteiger partial charge < -0.3 is 24.4 Å². The van der Waals surface area contributed by atoms with Crippen molar-refractivity contribution in [2.75, 3.05) is 18.4 Å². The van der Waals surface area contributed by atoms with E-state index < -0.39 is 42.2 Å². The number of alkyl halides is 2. The maximum atomic E-state index is 12.5. The Kier molecular flexibility index (Phi) is 8.18. The van der Waals surface area contributed by atoms with Gasteiger partial charge in [0.1, 0.15) is 11.4 Å². The van der Waals surface area contributed by atoms with Gasteiger partial charge >= 0.3 is 18.7 Å². The van der Waals surface area contributed by atoms with Crippen LogP contribution >= 0.6 is 0 Å². The van der Waals surface area contributed by atoms with Gasteiger partial charge in [-0.15, -0.1) is 0 Å². The summed E-state index contributed by atoms with van der Waals surface area (Å²) in [5, 5.41) is 2.42. The van der Waals surface area contributed by atoms with Gasteiger partial charge in [-0.25, -0.2) is 4.79 Å². The second-order valence-corrected chi connectivity index (χ2v) is 8.21. The fraction of sp³-hybridized carbons (Fsp3) is 0.571. The van der Waals surface area contributed by atoms with E-state index in [2.05, 4.69) is 10.1 Å². The van der Waals surface area contributed by atoms with Gasteiger partial charge in [-0.2, -0.15) is 8.78 Å². The first-order valence-electron chi connectivity index (χ1n) is 9.99. The molecule has 1 fully saturated rings. The Morgan fingerprint density at radius 1 is 1.19 bits per heavy atom. The smallest absolute Gasteiger partial charge is 0.410 e. The minimum absolute atomic E-state index is 0.0319. The van der Waals surface area contributed by atoms with Crippen molar-refractivity contribution in [1.29, 1.82) is 0 Å². The lowest BCUT2D eigenvalue weighted by molar-refractivity contribution is -0.158. The molecule has 1 aromatic carbocycles. The summed E-state index contributed by atoms with van der Waals surface area (Å²) in [6, 6.07) is 5.70. The van der Waals surface area contributed by atoms with E-state index in [-0.39, 0.29) is 18.0 Å². The summed E-state index contributed by atoms with van der Waals surface area (Å²) in [6.45, 7) is 4.19. The van der Waals surface area contributed by atoms with E-state index in [0.717, 1.165) is 0 Å². The highest BCUT2D eigenvalue weighted by Gasteiger charge is 2.33. The largest absolute Gasteiger partial charge is 0.452 e. The van der Waals surface area contributed by atoms with Crippen LogP contribution < -0.4 is 10.1 Å². The van der Waals surface area contributed by atoms with Crippen LogP contribution in [0.2, 0.25) is 0 Å². The number of nitrogens with one attached hydrogen (secondary N) is 1.